The summed E-state index contributed by atoms with van der Waals surface area (Å²) in [4.78, 5) is 27.5. The summed E-state index contributed by atoms with van der Waals surface area (Å²) in [5.74, 6) is 0.343. The zero-order valence-corrected chi connectivity index (χ0v) is 23.0. The molecule has 2 aromatic carbocycles. The average molecular weight is 517 g/mol. The number of rotatable bonds is 15. The molecule has 0 aliphatic heterocycles. The monoisotopic (exact) mass is 516 g/mol. The molecule has 0 aliphatic carbocycles. The van der Waals surface area contributed by atoms with E-state index in [2.05, 4.69) is 12.2 Å². The average Bonchev–Trinajstić information content (AvgIpc) is 2.85. The molecule has 36 heavy (non-hydrogen) atoms. The zero-order valence-electron chi connectivity index (χ0n) is 22.1. The van der Waals surface area contributed by atoms with Gasteiger partial charge >= 0.3 is 12.0 Å². The number of nitrogens with zero attached hydrogens (tertiary/aromatic N) is 1. The second kappa shape index (κ2) is 14.6. The quantitative estimate of drug-likeness (QED) is 0.202. The molecule has 2 aromatic rings. The topological polar surface area (TPSA) is 88.1 Å². The highest BCUT2D eigenvalue weighted by Gasteiger charge is 2.28. The van der Waals surface area contributed by atoms with Crippen molar-refractivity contribution in [2.45, 2.75) is 68.9 Å². The molecule has 0 aliphatic rings. The number of thioether (sulfide) groups is 1. The van der Waals surface area contributed by atoms with Crippen LogP contribution in [-0.4, -0.2) is 54.1 Å². The van der Waals surface area contributed by atoms with Crippen molar-refractivity contribution in [1.29, 1.82) is 0 Å². The summed E-state index contributed by atoms with van der Waals surface area (Å²) in [6.45, 7) is 6.80. The molecule has 198 valence electrons. The molecule has 0 radical (unpaired) electrons. The van der Waals surface area contributed by atoms with Gasteiger partial charge in [-0.15, -0.1) is 11.8 Å². The maximum absolute atomic E-state index is 13.3. The molecule has 8 heteroatoms. The van der Waals surface area contributed by atoms with E-state index in [4.69, 9.17) is 9.47 Å². The van der Waals surface area contributed by atoms with Gasteiger partial charge in [0, 0.05) is 24.1 Å². The molecular formula is C28H40N2O5S. The summed E-state index contributed by atoms with van der Waals surface area (Å²) in [6, 6.07) is 13.0. The minimum Gasteiger partial charge on any atom is -0.497 e. The number of hydrogen-bond acceptors (Lipinski definition) is 5. The smallest absolute Gasteiger partial charge is 0.321 e. The maximum atomic E-state index is 13.3. The number of carboxylic acid groups (broad SMARTS) is 1. The number of carbonyl (C=O) groups is 2. The summed E-state index contributed by atoms with van der Waals surface area (Å²) in [5.41, 5.74) is 1.65. The van der Waals surface area contributed by atoms with Gasteiger partial charge in [-0.25, -0.2) is 4.79 Å². The lowest BCUT2D eigenvalue weighted by Crippen LogP contribution is -2.37. The number of carbonyl (C=O) groups excluding carboxylic acids is 1. The van der Waals surface area contributed by atoms with Crippen molar-refractivity contribution in [3.63, 3.8) is 0 Å². The molecule has 0 bridgehead atoms. The Bertz CT molecular complexity index is 996. The molecule has 0 saturated carbocycles. The third-order valence-corrected chi connectivity index (χ3v) is 7.10. The molecule has 2 N–H and O–H groups in total. The Morgan fingerprint density at radius 2 is 1.75 bits per heavy atom. The van der Waals surface area contributed by atoms with E-state index in [1.165, 1.54) is 24.6 Å². The first-order chi connectivity index (χ1) is 17.2. The van der Waals surface area contributed by atoms with Gasteiger partial charge in [0.25, 0.3) is 0 Å². The number of unbranched alkanes of at least 4 members (excludes halogenated alkanes) is 4. The van der Waals surface area contributed by atoms with Crippen LogP contribution in [-0.2, 0) is 11.2 Å². The van der Waals surface area contributed by atoms with Gasteiger partial charge in [0.1, 0.15) is 16.2 Å². The first kappa shape index (κ1) is 29.4. The number of carboxylic acids is 1. The zero-order chi connectivity index (χ0) is 26.6. The van der Waals surface area contributed by atoms with Crippen LogP contribution >= 0.6 is 11.8 Å². The fraction of sp³-hybridized carbons (Fsp3) is 0.500. The van der Waals surface area contributed by atoms with E-state index in [9.17, 15) is 14.7 Å². The predicted octanol–water partition coefficient (Wildman–Crippen LogP) is 6.71. The van der Waals surface area contributed by atoms with E-state index in [-0.39, 0.29) is 6.03 Å². The van der Waals surface area contributed by atoms with E-state index in [1.54, 1.807) is 46.3 Å². The number of anilines is 1. The van der Waals surface area contributed by atoms with Gasteiger partial charge < -0.3 is 24.8 Å². The van der Waals surface area contributed by atoms with Crippen molar-refractivity contribution in [2.75, 3.05) is 32.6 Å². The van der Waals surface area contributed by atoms with E-state index < -0.39 is 10.7 Å². The molecule has 0 spiro atoms. The minimum absolute atomic E-state index is 0.175. The molecule has 7 nitrogen and oxygen atoms in total. The van der Waals surface area contributed by atoms with E-state index >= 15 is 0 Å². The Labute approximate surface area is 219 Å². The van der Waals surface area contributed by atoms with Crippen molar-refractivity contribution in [3.05, 3.63) is 48.0 Å². The van der Waals surface area contributed by atoms with Crippen molar-refractivity contribution >= 4 is 29.4 Å². The van der Waals surface area contributed by atoms with Gasteiger partial charge in [0.05, 0.1) is 19.9 Å². The maximum Gasteiger partial charge on any atom is 0.321 e. The Morgan fingerprint density at radius 3 is 2.42 bits per heavy atom. The van der Waals surface area contributed by atoms with Crippen molar-refractivity contribution in [2.24, 2.45) is 0 Å². The number of amides is 2. The molecule has 0 saturated heterocycles. The first-order valence-electron chi connectivity index (χ1n) is 12.5. The molecule has 0 aromatic heterocycles. The summed E-state index contributed by atoms with van der Waals surface area (Å²) >= 11 is 1.32. The predicted molar refractivity (Wildman–Crippen MR) is 147 cm³/mol. The molecular weight excluding hydrogens is 476 g/mol. The number of nitrogens with one attached hydrogen (secondary N) is 1. The van der Waals surface area contributed by atoms with Gasteiger partial charge in [0.2, 0.25) is 0 Å². The van der Waals surface area contributed by atoms with E-state index in [1.807, 2.05) is 29.2 Å². The summed E-state index contributed by atoms with van der Waals surface area (Å²) in [5, 5.41) is 12.4. The Balaban J connectivity index is 2.11. The molecule has 0 atom stereocenters. The van der Waals surface area contributed by atoms with Crippen LogP contribution in [0.3, 0.4) is 0 Å². The summed E-state index contributed by atoms with van der Waals surface area (Å²) in [6.07, 6.45) is 6.23. The van der Waals surface area contributed by atoms with Gasteiger partial charge in [-0.1, -0.05) is 44.7 Å². The molecule has 2 amide bonds. The molecule has 0 unspecified atom stereocenters. The van der Waals surface area contributed by atoms with Gasteiger partial charge in [-0.3, -0.25) is 4.79 Å². The lowest BCUT2D eigenvalue weighted by molar-refractivity contribution is -0.138. The third kappa shape index (κ3) is 9.30. The number of benzene rings is 2. The SMILES string of the molecule is CCCCCCCN(CCc1cccc(SC(C)(C)C(=O)O)c1)C(=O)Nc1ccc(OC)cc1OC. The third-order valence-electron chi connectivity index (χ3n) is 5.93. The first-order valence-corrected chi connectivity index (χ1v) is 13.3. The molecule has 0 heterocycles. The number of aliphatic carboxylic acids is 1. The summed E-state index contributed by atoms with van der Waals surface area (Å²) in [7, 11) is 3.15. The fourth-order valence-electron chi connectivity index (χ4n) is 3.68. The highest BCUT2D eigenvalue weighted by atomic mass is 32.2. The Morgan fingerprint density at radius 1 is 1.00 bits per heavy atom. The lowest BCUT2D eigenvalue weighted by atomic mass is 10.1. The largest absolute Gasteiger partial charge is 0.497 e. The fourth-order valence-corrected chi connectivity index (χ4v) is 4.72. The number of urea groups is 1. The second-order valence-corrected chi connectivity index (χ2v) is 10.9. The summed E-state index contributed by atoms with van der Waals surface area (Å²) < 4.78 is 9.77. The van der Waals surface area contributed by atoms with Gasteiger partial charge in [-0.05, 0) is 56.5 Å². The standard InChI is InChI=1S/C28H40N2O5S/c1-6-7-8-9-10-17-30(27(33)29-24-15-14-22(34-4)20-25(24)35-5)18-16-21-12-11-13-23(19-21)36-28(2,3)26(31)32/h11-15,19-20H,6-10,16-18H2,1-5H3,(H,29,33)(H,31,32). The van der Waals surface area contributed by atoms with Crippen molar-refractivity contribution in [3.8, 4) is 11.5 Å². The minimum atomic E-state index is -0.916. The van der Waals surface area contributed by atoms with Crippen LogP contribution in [0.5, 0.6) is 11.5 Å². The van der Waals surface area contributed by atoms with Gasteiger partial charge in [0.15, 0.2) is 0 Å². The van der Waals surface area contributed by atoms with Crippen LogP contribution in [0.15, 0.2) is 47.4 Å². The van der Waals surface area contributed by atoms with E-state index in [0.29, 0.717) is 36.7 Å². The number of hydrogen-bond donors (Lipinski definition) is 2. The highest BCUT2D eigenvalue weighted by molar-refractivity contribution is 8.01. The van der Waals surface area contributed by atoms with Crippen LogP contribution in [0.2, 0.25) is 0 Å². The second-order valence-electron chi connectivity index (χ2n) is 9.21. The van der Waals surface area contributed by atoms with Crippen LogP contribution in [0.25, 0.3) is 0 Å². The number of methoxy groups -OCH3 is 2. The van der Waals surface area contributed by atoms with Crippen LogP contribution < -0.4 is 14.8 Å². The molecule has 0 fully saturated rings. The van der Waals surface area contributed by atoms with Crippen molar-refractivity contribution in [1.82, 2.24) is 4.90 Å². The highest BCUT2D eigenvalue weighted by Crippen LogP contribution is 2.33. The number of ether oxygens (including phenoxy) is 2. The normalized spacial score (nSPS) is 11.1. The molecule has 2 rings (SSSR count). The lowest BCUT2D eigenvalue weighted by Gasteiger charge is -2.24. The van der Waals surface area contributed by atoms with Crippen LogP contribution in [0, 0.1) is 0 Å². The Kier molecular flexibility index (Phi) is 11.9. The van der Waals surface area contributed by atoms with Gasteiger partial charge in [-0.2, -0.15) is 0 Å². The van der Waals surface area contributed by atoms with E-state index in [0.717, 1.165) is 29.7 Å². The van der Waals surface area contributed by atoms with Crippen LogP contribution in [0.1, 0.15) is 58.4 Å². The van der Waals surface area contributed by atoms with Crippen LogP contribution in [0.4, 0.5) is 10.5 Å². The Hall–Kier alpha value is -2.87. The van der Waals surface area contributed by atoms with Crippen molar-refractivity contribution < 1.29 is 24.2 Å².